The van der Waals surface area contributed by atoms with Crippen LogP contribution in [-0.4, -0.2) is 39.0 Å². The summed E-state index contributed by atoms with van der Waals surface area (Å²) in [4.78, 5) is 5.41. The van der Waals surface area contributed by atoms with Gasteiger partial charge >= 0.3 is 0 Å². The maximum absolute atomic E-state index is 5.39. The molecule has 0 unspecified atom stereocenters. The average Bonchev–Trinajstić information content (AvgIpc) is 3.34. The van der Waals surface area contributed by atoms with Crippen LogP contribution in [-0.2, 0) is 0 Å². The highest BCUT2D eigenvalue weighted by Gasteiger charge is 2.17. The number of hydrogen-bond acceptors (Lipinski definition) is 7. The largest absolute Gasteiger partial charge is 0.493 e. The number of ether oxygens (including phenoxy) is 2. The summed E-state index contributed by atoms with van der Waals surface area (Å²) < 4.78 is 12.4. The van der Waals surface area contributed by atoms with E-state index in [9.17, 15) is 0 Å². The van der Waals surface area contributed by atoms with Gasteiger partial charge in [-0.1, -0.05) is 35.6 Å². The first-order valence-corrected chi connectivity index (χ1v) is 9.39. The van der Waals surface area contributed by atoms with Crippen molar-refractivity contribution in [3.05, 3.63) is 54.6 Å². The molecule has 0 aliphatic carbocycles. The molecule has 28 heavy (non-hydrogen) atoms. The van der Waals surface area contributed by atoms with Crippen LogP contribution in [0.15, 0.2) is 54.6 Å². The van der Waals surface area contributed by atoms with Crippen molar-refractivity contribution in [2.24, 2.45) is 0 Å². The number of pyridine rings is 1. The monoisotopic (exact) mass is 389 g/mol. The Morgan fingerprint density at radius 1 is 0.893 bits per heavy atom. The zero-order chi connectivity index (χ0) is 19.1. The van der Waals surface area contributed by atoms with Crippen molar-refractivity contribution < 1.29 is 9.47 Å². The van der Waals surface area contributed by atoms with Crippen molar-refractivity contribution in [2.75, 3.05) is 14.2 Å². The molecule has 5 aromatic rings. The summed E-state index contributed by atoms with van der Waals surface area (Å²) in [5.74, 6) is 1.95. The van der Waals surface area contributed by atoms with Gasteiger partial charge in [0.2, 0.25) is 10.8 Å². The van der Waals surface area contributed by atoms with Gasteiger partial charge in [0.1, 0.15) is 10.7 Å². The Bertz CT molecular complexity index is 1310. The molecule has 0 saturated heterocycles. The highest BCUT2D eigenvalue weighted by molar-refractivity contribution is 7.19. The molecule has 0 amide bonds. The molecule has 0 atom stereocenters. The molecular weight excluding hydrogens is 374 g/mol. The third-order valence-corrected chi connectivity index (χ3v) is 5.40. The minimum Gasteiger partial charge on any atom is -0.493 e. The van der Waals surface area contributed by atoms with Gasteiger partial charge in [-0.3, -0.25) is 0 Å². The van der Waals surface area contributed by atoms with Crippen molar-refractivity contribution in [2.45, 2.75) is 0 Å². The first kappa shape index (κ1) is 16.6. The van der Waals surface area contributed by atoms with Gasteiger partial charge in [-0.05, 0) is 30.3 Å². The maximum Gasteiger partial charge on any atom is 0.235 e. The van der Waals surface area contributed by atoms with E-state index in [4.69, 9.17) is 19.6 Å². The summed E-state index contributed by atoms with van der Waals surface area (Å²) >= 11 is 1.46. The second-order valence-corrected chi connectivity index (χ2v) is 7.04. The van der Waals surface area contributed by atoms with Crippen molar-refractivity contribution in [3.8, 4) is 33.6 Å². The summed E-state index contributed by atoms with van der Waals surface area (Å²) in [7, 11) is 3.23. The second-order valence-electron chi connectivity index (χ2n) is 6.08. The van der Waals surface area contributed by atoms with E-state index >= 15 is 0 Å². The quantitative estimate of drug-likeness (QED) is 0.461. The molecule has 0 N–H and O–H groups in total. The molecule has 0 radical (unpaired) electrons. The molecule has 0 spiro atoms. The molecule has 0 aliphatic rings. The topological polar surface area (TPSA) is 74.4 Å². The predicted octanol–water partition coefficient (Wildman–Crippen LogP) is 4.09. The van der Waals surface area contributed by atoms with E-state index in [-0.39, 0.29) is 0 Å². The molecule has 3 aromatic heterocycles. The Kier molecular flexibility index (Phi) is 3.91. The van der Waals surface area contributed by atoms with Crippen molar-refractivity contribution in [1.82, 2.24) is 24.8 Å². The molecule has 3 heterocycles. The van der Waals surface area contributed by atoms with Crippen LogP contribution in [0.5, 0.6) is 11.5 Å². The third-order valence-electron chi connectivity index (χ3n) is 4.45. The molecule has 0 saturated carbocycles. The Labute approximate surface area is 164 Å². The van der Waals surface area contributed by atoms with E-state index in [0.29, 0.717) is 22.3 Å². The highest BCUT2D eigenvalue weighted by atomic mass is 32.1. The lowest BCUT2D eigenvalue weighted by Gasteiger charge is -2.07. The first-order chi connectivity index (χ1) is 13.8. The smallest absolute Gasteiger partial charge is 0.235 e. The van der Waals surface area contributed by atoms with Crippen molar-refractivity contribution in [1.29, 1.82) is 0 Å². The number of hydrogen-bond donors (Lipinski definition) is 0. The Balaban J connectivity index is 1.60. The van der Waals surface area contributed by atoms with Crippen LogP contribution in [0.3, 0.4) is 0 Å². The fourth-order valence-corrected chi connectivity index (χ4v) is 3.89. The molecule has 0 bridgehead atoms. The van der Waals surface area contributed by atoms with Crippen LogP contribution in [0.4, 0.5) is 0 Å². The van der Waals surface area contributed by atoms with Gasteiger partial charge in [-0.25, -0.2) is 4.98 Å². The minimum atomic E-state index is 0.615. The summed E-state index contributed by atoms with van der Waals surface area (Å²) in [5.41, 5.74) is 2.56. The van der Waals surface area contributed by atoms with Crippen LogP contribution in [0.1, 0.15) is 0 Å². The fourth-order valence-electron chi connectivity index (χ4n) is 3.05. The van der Waals surface area contributed by atoms with E-state index in [1.54, 1.807) is 18.7 Å². The fraction of sp³-hybridized carbons (Fsp3) is 0.100. The molecule has 0 aliphatic heterocycles. The van der Waals surface area contributed by atoms with Crippen LogP contribution in [0.25, 0.3) is 38.0 Å². The zero-order valence-electron chi connectivity index (χ0n) is 15.2. The highest BCUT2D eigenvalue weighted by Crippen LogP contribution is 2.34. The van der Waals surface area contributed by atoms with E-state index in [1.165, 1.54) is 11.3 Å². The second kappa shape index (κ2) is 6.58. The number of nitrogens with zero attached hydrogens (tertiary/aromatic N) is 5. The Hall–Kier alpha value is -3.52. The van der Waals surface area contributed by atoms with Crippen molar-refractivity contribution >= 4 is 27.2 Å². The number of benzene rings is 2. The summed E-state index contributed by atoms with van der Waals surface area (Å²) in [6, 6.07) is 17.7. The Morgan fingerprint density at radius 2 is 1.75 bits per heavy atom. The normalized spacial score (nSPS) is 11.2. The lowest BCUT2D eigenvalue weighted by Crippen LogP contribution is -1.94. The van der Waals surface area contributed by atoms with Gasteiger partial charge in [0, 0.05) is 10.9 Å². The number of rotatable bonds is 4. The molecule has 138 valence electrons. The van der Waals surface area contributed by atoms with Crippen LogP contribution in [0.2, 0.25) is 0 Å². The number of fused-ring (bicyclic) bond motifs is 2. The third kappa shape index (κ3) is 2.66. The van der Waals surface area contributed by atoms with E-state index < -0.39 is 0 Å². The standard InChI is InChI=1S/C20H15N5O2S/c1-26-16-10-8-13(11-17(16)27-2)19-24-25-18(22-23-20(25)28-19)15-9-7-12-5-3-4-6-14(12)21-15/h3-11H,1-2H3. The Morgan fingerprint density at radius 3 is 2.61 bits per heavy atom. The van der Waals surface area contributed by atoms with Gasteiger partial charge in [0.05, 0.1) is 19.7 Å². The SMILES string of the molecule is COc1ccc(-c2nn3c(-c4ccc5ccccc5n4)nnc3s2)cc1OC. The van der Waals surface area contributed by atoms with E-state index in [1.807, 2.05) is 54.6 Å². The summed E-state index contributed by atoms with van der Waals surface area (Å²) in [6.45, 7) is 0. The zero-order valence-corrected chi connectivity index (χ0v) is 16.0. The lowest BCUT2D eigenvalue weighted by atomic mass is 10.2. The van der Waals surface area contributed by atoms with Gasteiger partial charge in [-0.15, -0.1) is 10.2 Å². The number of para-hydroxylation sites is 1. The molecule has 2 aromatic carbocycles. The molecular formula is C20H15N5O2S. The molecule has 7 nitrogen and oxygen atoms in total. The summed E-state index contributed by atoms with van der Waals surface area (Å²) in [5, 5.41) is 15.1. The number of methoxy groups -OCH3 is 2. The minimum absolute atomic E-state index is 0.615. The molecule has 8 heteroatoms. The predicted molar refractivity (Wildman–Crippen MR) is 108 cm³/mol. The van der Waals surface area contributed by atoms with Gasteiger partial charge < -0.3 is 9.47 Å². The molecule has 0 fully saturated rings. The first-order valence-electron chi connectivity index (χ1n) is 8.57. The van der Waals surface area contributed by atoms with Crippen molar-refractivity contribution in [3.63, 3.8) is 0 Å². The van der Waals surface area contributed by atoms with E-state index in [2.05, 4.69) is 10.2 Å². The van der Waals surface area contributed by atoms with E-state index in [0.717, 1.165) is 27.2 Å². The maximum atomic E-state index is 5.39. The van der Waals surface area contributed by atoms with Gasteiger partial charge in [0.15, 0.2) is 11.5 Å². The average molecular weight is 389 g/mol. The van der Waals surface area contributed by atoms with Crippen LogP contribution >= 0.6 is 11.3 Å². The van der Waals surface area contributed by atoms with Gasteiger partial charge in [0.25, 0.3) is 0 Å². The van der Waals surface area contributed by atoms with Crippen LogP contribution < -0.4 is 9.47 Å². The summed E-state index contributed by atoms with van der Waals surface area (Å²) in [6.07, 6.45) is 0. The lowest BCUT2D eigenvalue weighted by molar-refractivity contribution is 0.355. The van der Waals surface area contributed by atoms with Crippen LogP contribution in [0, 0.1) is 0 Å². The van der Waals surface area contributed by atoms with Gasteiger partial charge in [-0.2, -0.15) is 9.61 Å². The molecule has 5 rings (SSSR count). The number of aromatic nitrogens is 5.